The summed E-state index contributed by atoms with van der Waals surface area (Å²) in [5, 5.41) is 0. The monoisotopic (exact) mass is 732 g/mol. The van der Waals surface area contributed by atoms with Gasteiger partial charge in [0, 0.05) is 32.1 Å². The van der Waals surface area contributed by atoms with E-state index in [4.69, 9.17) is 9.47 Å². The van der Waals surface area contributed by atoms with Crippen LogP contribution < -0.4 is 0 Å². The summed E-state index contributed by atoms with van der Waals surface area (Å²) in [7, 11) is 4.94. The summed E-state index contributed by atoms with van der Waals surface area (Å²) >= 11 is 0. The van der Waals surface area contributed by atoms with Gasteiger partial charge in [-0.05, 0) is 99.7 Å². The van der Waals surface area contributed by atoms with Crippen molar-refractivity contribution in [3.8, 4) is 0 Å². The van der Waals surface area contributed by atoms with Gasteiger partial charge in [-0.1, -0.05) is 13.8 Å². The maximum absolute atomic E-state index is 12.5. The number of piperidine rings is 2. The summed E-state index contributed by atoms with van der Waals surface area (Å²) in [6.07, 6.45) is 16.4. The Bertz CT molecular complexity index is 1010. The van der Waals surface area contributed by atoms with E-state index in [2.05, 4.69) is 27.9 Å². The molecule has 6 fully saturated rings. The smallest absolute Gasteiger partial charge is 0.303 e. The Morgan fingerprint density at radius 1 is 0.674 bits per heavy atom. The average molecular weight is 735 g/mol. The molecule has 248 valence electrons. The number of nitrogens with zero attached hydrogens (tertiary/aromatic N) is 2. The number of hydrogen-bond acceptors (Lipinski definition) is 4. The number of fused-ring (bicyclic) bond motifs is 5. The Labute approximate surface area is 283 Å². The van der Waals surface area contributed by atoms with Crippen LogP contribution in [0.3, 0.4) is 0 Å². The molecule has 2 heterocycles. The van der Waals surface area contributed by atoms with Crippen LogP contribution in [0, 0.1) is 34.5 Å². The number of esters is 2. The van der Waals surface area contributed by atoms with E-state index in [1.807, 2.05) is 0 Å². The molecule has 0 amide bonds. The first-order valence-corrected chi connectivity index (χ1v) is 17.4. The van der Waals surface area contributed by atoms with Gasteiger partial charge in [-0.15, -0.1) is 34.0 Å². The summed E-state index contributed by atoms with van der Waals surface area (Å²) < 4.78 is 14.7. The van der Waals surface area contributed by atoms with Gasteiger partial charge in [0.1, 0.15) is 12.1 Å². The van der Waals surface area contributed by atoms with Crippen molar-refractivity contribution in [3.05, 3.63) is 0 Å². The molecule has 4 saturated carbocycles. The molecule has 0 aromatic carbocycles. The maximum atomic E-state index is 12.5. The third kappa shape index (κ3) is 6.15. The molecule has 10 atom stereocenters. The highest BCUT2D eigenvalue weighted by Crippen LogP contribution is 2.68. The Hall–Kier alpha value is -0.180. The van der Waals surface area contributed by atoms with Crippen molar-refractivity contribution in [2.75, 3.05) is 40.3 Å². The van der Waals surface area contributed by atoms with E-state index < -0.39 is 0 Å². The zero-order chi connectivity index (χ0) is 29.2. The van der Waals surface area contributed by atoms with E-state index in [1.165, 1.54) is 103 Å². The van der Waals surface area contributed by atoms with Crippen molar-refractivity contribution in [2.24, 2.45) is 34.5 Å². The minimum atomic E-state index is -0.0998. The number of halogens is 2. The minimum absolute atomic E-state index is 0. The van der Waals surface area contributed by atoms with Gasteiger partial charge in [-0.25, -0.2) is 0 Å². The van der Waals surface area contributed by atoms with E-state index in [0.29, 0.717) is 35.3 Å². The standard InChI is InChI=1S/C35H60N2O4.2BrH/c1-24(38)40-32-21-26-13-14-27-28(35(26,4)23-31(32)37(6)19-11-8-12-20-37)15-16-34(3)29(27)22-30(33(34)41-25(2)39)36(5)17-9-7-10-18-36;;/h26-33H,7-23H2,1-6H3;2*1H/q+2;;/t26-,27+,28-,29-,30-,31?,32-,33-,34-,35-;;/m0../s1. The lowest BCUT2D eigenvalue weighted by atomic mass is 9.44. The van der Waals surface area contributed by atoms with E-state index in [0.717, 1.165) is 21.3 Å². The van der Waals surface area contributed by atoms with Crippen molar-refractivity contribution >= 4 is 45.9 Å². The Morgan fingerprint density at radius 3 is 1.79 bits per heavy atom. The average Bonchev–Trinajstić information content (AvgIpc) is 3.21. The highest BCUT2D eigenvalue weighted by molar-refractivity contribution is 8.93. The molecule has 2 aliphatic heterocycles. The number of ether oxygens (including phenoxy) is 2. The SMILES string of the molecule is Br.Br.CC(=O)O[C@H]1C[C@@H]2CC[C@@H]3[C@H](CC[C@@]4(C)[C@H]3C[C@H]([N+]3(C)CCCCC3)[C@@H]4OC(C)=O)[C@@]2(C)CC1[N+]1(C)CCCCC1. The second-order valence-corrected chi connectivity index (χ2v) is 16.7. The third-order valence-electron chi connectivity index (χ3n) is 14.5. The lowest BCUT2D eigenvalue weighted by Gasteiger charge is -2.63. The molecule has 6 aliphatic rings. The first-order chi connectivity index (χ1) is 19.4. The molecule has 0 N–H and O–H groups in total. The van der Waals surface area contributed by atoms with Gasteiger partial charge in [-0.3, -0.25) is 9.59 Å². The van der Waals surface area contributed by atoms with E-state index in [-0.39, 0.29) is 63.5 Å². The van der Waals surface area contributed by atoms with Crippen LogP contribution in [0.25, 0.3) is 0 Å². The van der Waals surface area contributed by atoms with Crippen LogP contribution in [-0.2, 0) is 19.1 Å². The van der Waals surface area contributed by atoms with Crippen molar-refractivity contribution in [1.82, 2.24) is 0 Å². The molecule has 0 spiro atoms. The Morgan fingerprint density at radius 2 is 1.23 bits per heavy atom. The number of hydrogen-bond donors (Lipinski definition) is 0. The van der Waals surface area contributed by atoms with Crippen molar-refractivity contribution in [1.29, 1.82) is 0 Å². The predicted molar refractivity (Wildman–Crippen MR) is 181 cm³/mol. The summed E-state index contributed by atoms with van der Waals surface area (Å²) in [4.78, 5) is 24.8. The fraction of sp³-hybridized carbons (Fsp3) is 0.943. The second kappa shape index (κ2) is 13.1. The number of likely N-dealkylation sites (tertiary alicyclic amines) is 2. The molecule has 8 heteroatoms. The van der Waals surface area contributed by atoms with Gasteiger partial charge in [0.15, 0.2) is 12.2 Å². The quantitative estimate of drug-likeness (QED) is 0.226. The zero-order valence-corrected chi connectivity index (χ0v) is 31.4. The minimum Gasteiger partial charge on any atom is -0.456 e. The molecule has 4 aliphatic carbocycles. The summed E-state index contributed by atoms with van der Waals surface area (Å²) in [6.45, 7) is 13.3. The Kier molecular flexibility index (Phi) is 10.9. The highest BCUT2D eigenvalue weighted by Gasteiger charge is 2.68. The zero-order valence-electron chi connectivity index (χ0n) is 28.0. The van der Waals surface area contributed by atoms with Gasteiger partial charge >= 0.3 is 11.9 Å². The Balaban J connectivity index is 0.00000212. The second-order valence-electron chi connectivity index (χ2n) is 16.7. The number of carbonyl (C=O) groups excluding carboxylic acids is 2. The summed E-state index contributed by atoms with van der Waals surface area (Å²) in [6, 6.07) is 0.846. The topological polar surface area (TPSA) is 52.6 Å². The highest BCUT2D eigenvalue weighted by atomic mass is 79.9. The van der Waals surface area contributed by atoms with Gasteiger partial charge in [0.25, 0.3) is 0 Å². The summed E-state index contributed by atoms with van der Waals surface area (Å²) in [5.41, 5.74) is 0.377. The maximum Gasteiger partial charge on any atom is 0.303 e. The molecule has 0 aromatic rings. The van der Waals surface area contributed by atoms with Crippen molar-refractivity contribution < 1.29 is 28.0 Å². The third-order valence-corrected chi connectivity index (χ3v) is 14.5. The van der Waals surface area contributed by atoms with Crippen LogP contribution in [0.15, 0.2) is 0 Å². The first kappa shape index (κ1) is 35.7. The molecule has 0 aromatic heterocycles. The molecule has 43 heavy (non-hydrogen) atoms. The van der Waals surface area contributed by atoms with Gasteiger partial charge in [0.05, 0.1) is 40.3 Å². The van der Waals surface area contributed by atoms with Crippen LogP contribution in [0.2, 0.25) is 0 Å². The predicted octanol–water partition coefficient (Wildman–Crippen LogP) is 7.27. The molecular weight excluding hydrogens is 672 g/mol. The van der Waals surface area contributed by atoms with E-state index in [9.17, 15) is 9.59 Å². The van der Waals surface area contributed by atoms with Gasteiger partial charge in [0.2, 0.25) is 0 Å². The number of likely N-dealkylation sites (N-methyl/N-ethyl adjacent to an activating group) is 2. The summed E-state index contributed by atoms with van der Waals surface area (Å²) in [5.74, 6) is 2.52. The van der Waals surface area contributed by atoms with E-state index >= 15 is 0 Å². The van der Waals surface area contributed by atoms with Crippen LogP contribution >= 0.6 is 34.0 Å². The normalized spacial score (nSPS) is 44.7. The molecule has 0 bridgehead atoms. The number of quaternary nitrogens is 2. The van der Waals surface area contributed by atoms with E-state index in [1.54, 1.807) is 13.8 Å². The largest absolute Gasteiger partial charge is 0.456 e. The molecule has 6 nitrogen and oxygen atoms in total. The van der Waals surface area contributed by atoms with Crippen LogP contribution in [-0.4, -0.2) is 85.5 Å². The fourth-order valence-electron chi connectivity index (χ4n) is 12.3. The molecule has 2 saturated heterocycles. The molecule has 0 radical (unpaired) electrons. The molecule has 1 unspecified atom stereocenters. The number of rotatable bonds is 4. The van der Waals surface area contributed by atoms with Crippen LogP contribution in [0.1, 0.15) is 111 Å². The molecular formula is C35H62Br2N2O4+2. The lowest BCUT2D eigenvalue weighted by molar-refractivity contribution is -0.943. The lowest BCUT2D eigenvalue weighted by Crippen LogP contribution is -2.66. The first-order valence-electron chi connectivity index (χ1n) is 17.4. The fourth-order valence-corrected chi connectivity index (χ4v) is 12.3. The van der Waals surface area contributed by atoms with Crippen molar-refractivity contribution in [3.63, 3.8) is 0 Å². The van der Waals surface area contributed by atoms with Crippen molar-refractivity contribution in [2.45, 2.75) is 135 Å². The van der Waals surface area contributed by atoms with Crippen LogP contribution in [0.5, 0.6) is 0 Å². The number of carbonyl (C=O) groups is 2. The van der Waals surface area contributed by atoms with Gasteiger partial charge < -0.3 is 18.4 Å². The van der Waals surface area contributed by atoms with Crippen LogP contribution in [0.4, 0.5) is 0 Å². The van der Waals surface area contributed by atoms with Gasteiger partial charge in [-0.2, -0.15) is 0 Å². The molecule has 6 rings (SSSR count).